The molecule has 3 aliphatic rings. The summed E-state index contributed by atoms with van der Waals surface area (Å²) in [6.45, 7) is 3.44. The Labute approximate surface area is 561 Å². The van der Waals surface area contributed by atoms with Crippen LogP contribution in [0.2, 0.25) is 0 Å². The predicted octanol–water partition coefficient (Wildman–Crippen LogP) is 9.40. The molecule has 0 spiro atoms. The topological polar surface area (TPSA) is 374 Å². The van der Waals surface area contributed by atoms with Crippen LogP contribution in [0.1, 0.15) is 290 Å². The molecule has 3 fully saturated rings. The van der Waals surface area contributed by atoms with E-state index in [-0.39, 0.29) is 19.3 Å². The molecular weight excluding hydrogens is 1240 g/mol. The number of phosphoric ester groups is 1. The van der Waals surface area contributed by atoms with Gasteiger partial charge in [0.05, 0.1) is 13.2 Å². The number of aliphatic hydroxyl groups is 10. The maximum atomic E-state index is 14.3. The third kappa shape index (κ3) is 35.3. The summed E-state index contributed by atoms with van der Waals surface area (Å²) in [6.07, 6.45) is 7.57. The third-order valence-corrected chi connectivity index (χ3v) is 19.4. The average molecular weight is 1370 g/mol. The van der Waals surface area contributed by atoms with E-state index in [2.05, 4.69) is 20.8 Å². The van der Waals surface area contributed by atoms with Crippen LogP contribution in [-0.4, -0.2) is 204 Å². The van der Waals surface area contributed by atoms with E-state index in [9.17, 15) is 74.9 Å². The lowest BCUT2D eigenvalue weighted by Gasteiger charge is -2.49. The highest BCUT2D eigenvalue weighted by Gasteiger charge is 2.58. The number of unbranched alkanes of at least 4 members (excludes halogenated alkanes) is 36. The zero-order valence-electron chi connectivity index (χ0n) is 57.5. The van der Waals surface area contributed by atoms with E-state index in [0.717, 1.165) is 96.3 Å². The van der Waals surface area contributed by atoms with Gasteiger partial charge in [-0.2, -0.15) is 0 Å². The van der Waals surface area contributed by atoms with Crippen LogP contribution in [0, 0.1) is 0 Å². The summed E-state index contributed by atoms with van der Waals surface area (Å²) in [7, 11) is -5.69. The van der Waals surface area contributed by atoms with Crippen LogP contribution in [0.25, 0.3) is 0 Å². The minimum Gasteiger partial charge on any atom is -0.463 e. The molecule has 0 amide bonds. The van der Waals surface area contributed by atoms with Crippen LogP contribution in [0.4, 0.5) is 0 Å². The van der Waals surface area contributed by atoms with Gasteiger partial charge in [-0.3, -0.25) is 23.4 Å². The van der Waals surface area contributed by atoms with Crippen molar-refractivity contribution in [1.29, 1.82) is 0 Å². The molecular formula is C69H129O24P. The molecule has 3 rings (SSSR count). The van der Waals surface area contributed by atoms with Gasteiger partial charge in [-0.05, 0) is 19.3 Å². The van der Waals surface area contributed by atoms with Gasteiger partial charge >= 0.3 is 25.7 Å². The van der Waals surface area contributed by atoms with Gasteiger partial charge in [-0.15, -0.1) is 0 Å². The highest BCUT2D eigenvalue weighted by molar-refractivity contribution is 7.47. The second-order valence-electron chi connectivity index (χ2n) is 26.7. The molecule has 0 aromatic heterocycles. The normalized spacial score (nSPS) is 28.2. The molecule has 1 aliphatic carbocycles. The van der Waals surface area contributed by atoms with Crippen molar-refractivity contribution in [3.8, 4) is 0 Å². The number of hydrogen-bond acceptors (Lipinski definition) is 23. The molecule has 25 heteroatoms. The number of ether oxygens (including phenoxy) is 7. The van der Waals surface area contributed by atoms with E-state index in [4.69, 9.17) is 42.2 Å². The average Bonchev–Trinajstić information content (AvgIpc) is 0.765. The van der Waals surface area contributed by atoms with Gasteiger partial charge in [-0.25, -0.2) is 4.57 Å². The number of esters is 3. The fraction of sp³-hybridized carbons (Fsp3) is 0.957. The Bertz CT molecular complexity index is 1960. The van der Waals surface area contributed by atoms with E-state index in [1.54, 1.807) is 0 Å². The molecule has 1 saturated carbocycles. The van der Waals surface area contributed by atoms with Gasteiger partial charge in [0.15, 0.2) is 18.7 Å². The molecule has 2 saturated heterocycles. The number of rotatable bonds is 57. The largest absolute Gasteiger partial charge is 0.472 e. The zero-order valence-corrected chi connectivity index (χ0v) is 58.4. The molecule has 554 valence electrons. The highest BCUT2D eigenvalue weighted by atomic mass is 31.2. The second-order valence-corrected chi connectivity index (χ2v) is 28.1. The van der Waals surface area contributed by atoms with Crippen molar-refractivity contribution in [2.45, 2.75) is 395 Å². The fourth-order valence-electron chi connectivity index (χ4n) is 12.3. The van der Waals surface area contributed by atoms with Crippen molar-refractivity contribution in [2.75, 3.05) is 26.4 Å². The predicted molar refractivity (Wildman–Crippen MR) is 352 cm³/mol. The molecule has 18 unspecified atom stereocenters. The first-order chi connectivity index (χ1) is 45.3. The molecule has 11 N–H and O–H groups in total. The summed E-state index contributed by atoms with van der Waals surface area (Å²) >= 11 is 0. The number of carbonyl (C=O) groups is 3. The van der Waals surface area contributed by atoms with Crippen molar-refractivity contribution in [2.24, 2.45) is 0 Å². The Hall–Kier alpha value is -2.04. The monoisotopic (exact) mass is 1370 g/mol. The molecule has 0 aromatic carbocycles. The minimum atomic E-state index is -5.69. The van der Waals surface area contributed by atoms with Crippen LogP contribution >= 0.6 is 7.82 Å². The van der Waals surface area contributed by atoms with E-state index < -0.39 is 156 Å². The van der Waals surface area contributed by atoms with Gasteiger partial charge in [0.1, 0.15) is 98.7 Å². The second kappa shape index (κ2) is 52.0. The van der Waals surface area contributed by atoms with E-state index in [0.29, 0.717) is 19.3 Å². The number of hydrogen-bond donors (Lipinski definition) is 11. The van der Waals surface area contributed by atoms with Crippen LogP contribution < -0.4 is 0 Å². The Morgan fingerprint density at radius 3 is 1.04 bits per heavy atom. The van der Waals surface area contributed by atoms with Crippen LogP contribution in [0.15, 0.2) is 0 Å². The van der Waals surface area contributed by atoms with Crippen LogP contribution in [0.5, 0.6) is 0 Å². The Kier molecular flexibility index (Phi) is 47.7. The van der Waals surface area contributed by atoms with Crippen molar-refractivity contribution in [3.05, 3.63) is 0 Å². The van der Waals surface area contributed by atoms with Gasteiger partial charge in [0, 0.05) is 19.3 Å². The SMILES string of the molecule is CCCCCCCCCCCCCCCCCC(=O)OC(COC(=O)CCCCCCCCCCCCC)COP(=O)(O)OC1C(OC2OC(CO)C(O)C(O)C2O)C(O)C(O)C(O)C1OC1OC(COC(=O)CCCCCCCCCCCCCCC)C(O)C(O)C1O. The summed E-state index contributed by atoms with van der Waals surface area (Å²) in [6, 6.07) is 0. The summed E-state index contributed by atoms with van der Waals surface area (Å²) in [4.78, 5) is 50.9. The maximum absolute atomic E-state index is 14.3. The maximum Gasteiger partial charge on any atom is 0.472 e. The van der Waals surface area contributed by atoms with Gasteiger partial charge in [0.2, 0.25) is 0 Å². The third-order valence-electron chi connectivity index (χ3n) is 18.4. The molecule has 0 bridgehead atoms. The Balaban J connectivity index is 1.74. The number of aliphatic hydroxyl groups excluding tert-OH is 10. The number of carbonyl (C=O) groups excluding carboxylic acids is 3. The van der Waals surface area contributed by atoms with Gasteiger partial charge in [0.25, 0.3) is 0 Å². The van der Waals surface area contributed by atoms with E-state index in [1.165, 1.54) is 135 Å². The number of phosphoric acid groups is 1. The molecule has 94 heavy (non-hydrogen) atoms. The van der Waals surface area contributed by atoms with Crippen molar-refractivity contribution in [3.63, 3.8) is 0 Å². The minimum absolute atomic E-state index is 0.0332. The van der Waals surface area contributed by atoms with E-state index >= 15 is 0 Å². The molecule has 18 atom stereocenters. The standard InChI is InChI=1S/C69H129O24P/c1-4-7-10-13-16-19-22-24-25-27-30-33-36-39-42-45-55(73)88-50(47-85-53(71)43-40-37-34-31-28-21-18-15-12-9-6-3)48-87-94(83,84)93-67-65(91-68-63(81)58(76)56(74)51(46-70)89-68)61(79)60(78)62(80)66(67)92-69-64(82)59(77)57(75)52(90-69)49-86-54(72)44-41-38-35-32-29-26-23-20-17-14-11-8-5-2/h50-52,56-70,74-82H,4-49H2,1-3H3,(H,83,84). The van der Waals surface area contributed by atoms with Crippen LogP contribution in [-0.2, 0) is 61.2 Å². The first-order valence-corrected chi connectivity index (χ1v) is 38.3. The first kappa shape index (κ1) is 86.2. The molecule has 24 nitrogen and oxygen atoms in total. The molecule has 2 heterocycles. The summed E-state index contributed by atoms with van der Waals surface area (Å²) in [5.74, 6) is -1.98. The van der Waals surface area contributed by atoms with Crippen molar-refractivity contribution < 1.29 is 117 Å². The Morgan fingerprint density at radius 1 is 0.372 bits per heavy atom. The smallest absolute Gasteiger partial charge is 0.463 e. The summed E-state index contributed by atoms with van der Waals surface area (Å²) < 4.78 is 64.9. The van der Waals surface area contributed by atoms with Gasteiger partial charge < -0.3 is 89.1 Å². The van der Waals surface area contributed by atoms with Gasteiger partial charge in [-0.1, -0.05) is 252 Å². The lowest BCUT2D eigenvalue weighted by molar-refractivity contribution is -0.360. The first-order valence-electron chi connectivity index (χ1n) is 36.8. The lowest BCUT2D eigenvalue weighted by Crippen LogP contribution is -2.69. The molecule has 0 radical (unpaired) electrons. The van der Waals surface area contributed by atoms with E-state index in [1.807, 2.05) is 0 Å². The zero-order chi connectivity index (χ0) is 68.9. The Morgan fingerprint density at radius 2 is 0.681 bits per heavy atom. The molecule has 2 aliphatic heterocycles. The van der Waals surface area contributed by atoms with Crippen molar-refractivity contribution in [1.82, 2.24) is 0 Å². The summed E-state index contributed by atoms with van der Waals surface area (Å²) in [5.41, 5.74) is 0. The summed E-state index contributed by atoms with van der Waals surface area (Å²) in [5, 5.41) is 110. The van der Waals surface area contributed by atoms with Crippen LogP contribution in [0.3, 0.4) is 0 Å². The quantitative estimate of drug-likeness (QED) is 0.0117. The van der Waals surface area contributed by atoms with Crippen molar-refractivity contribution >= 4 is 25.7 Å². The fourth-order valence-corrected chi connectivity index (χ4v) is 13.3. The lowest BCUT2D eigenvalue weighted by atomic mass is 9.84. The highest BCUT2D eigenvalue weighted by Crippen LogP contribution is 2.49. The molecule has 0 aromatic rings.